The second kappa shape index (κ2) is 10.7. The van der Waals surface area contributed by atoms with Gasteiger partial charge in [-0.2, -0.15) is 0 Å². The first-order valence-electron chi connectivity index (χ1n) is 9.73. The lowest BCUT2D eigenvalue weighted by Gasteiger charge is -2.12. The van der Waals surface area contributed by atoms with Gasteiger partial charge in [-0.05, 0) is 47.4 Å². The molecule has 0 aliphatic rings. The summed E-state index contributed by atoms with van der Waals surface area (Å²) < 4.78 is 0. The molecule has 0 aliphatic heterocycles. The van der Waals surface area contributed by atoms with Crippen LogP contribution in [0.5, 0.6) is 0 Å². The summed E-state index contributed by atoms with van der Waals surface area (Å²) in [7, 11) is 0. The summed E-state index contributed by atoms with van der Waals surface area (Å²) in [4.78, 5) is 7.41. The van der Waals surface area contributed by atoms with E-state index < -0.39 is 0 Å². The van der Waals surface area contributed by atoms with Crippen LogP contribution in [0.4, 0.5) is 5.69 Å². The van der Waals surface area contributed by atoms with Crippen LogP contribution in [0.15, 0.2) is 142 Å². The molecule has 30 heavy (non-hydrogen) atoms. The summed E-state index contributed by atoms with van der Waals surface area (Å²) >= 11 is 3.41. The van der Waals surface area contributed by atoms with Crippen molar-refractivity contribution in [1.82, 2.24) is 0 Å². The summed E-state index contributed by atoms with van der Waals surface area (Å²) in [6.07, 6.45) is 0. The van der Waals surface area contributed by atoms with Gasteiger partial charge in [0.25, 0.3) is 0 Å². The van der Waals surface area contributed by atoms with Crippen molar-refractivity contribution in [2.24, 2.45) is 4.99 Å². The molecule has 1 nitrogen and oxygen atoms in total. The Hall–Kier alpha value is -3.01. The van der Waals surface area contributed by atoms with Crippen molar-refractivity contribution in [3.8, 4) is 0 Å². The predicted octanol–water partition coefficient (Wildman–Crippen LogP) is 8.34. The Balaban J connectivity index is 1.78. The van der Waals surface area contributed by atoms with Crippen molar-refractivity contribution >= 4 is 39.8 Å². The Morgan fingerprint density at radius 1 is 0.567 bits per heavy atom. The zero-order chi connectivity index (χ0) is 20.4. The molecule has 0 unspecified atom stereocenters. The lowest BCUT2D eigenvalue weighted by molar-refractivity contribution is 1.47. The summed E-state index contributed by atoms with van der Waals surface area (Å²) in [6, 6.07) is 41.5. The first-order chi connectivity index (χ1) is 14.9. The van der Waals surface area contributed by atoms with Crippen LogP contribution in [0.25, 0.3) is 5.57 Å². The monoisotopic (exact) mass is 423 g/mol. The van der Waals surface area contributed by atoms with E-state index in [9.17, 15) is 0 Å². The van der Waals surface area contributed by atoms with E-state index in [1.165, 1.54) is 9.79 Å². The van der Waals surface area contributed by atoms with Crippen molar-refractivity contribution < 1.29 is 0 Å². The van der Waals surface area contributed by atoms with E-state index in [1.54, 1.807) is 23.5 Å². The normalized spacial score (nSPS) is 12.0. The molecule has 4 aromatic carbocycles. The van der Waals surface area contributed by atoms with Gasteiger partial charge in [-0.1, -0.05) is 108 Å². The molecule has 0 N–H and O–H groups in total. The van der Waals surface area contributed by atoms with Crippen molar-refractivity contribution in [2.45, 2.75) is 9.79 Å². The zero-order valence-electron chi connectivity index (χ0n) is 16.4. The number of aliphatic imine (C=N–C) groups is 1. The van der Waals surface area contributed by atoms with Gasteiger partial charge in [0, 0.05) is 15.4 Å². The number of rotatable bonds is 6. The second-order valence-electron chi connectivity index (χ2n) is 6.50. The maximum atomic E-state index is 5.04. The highest BCUT2D eigenvalue weighted by Crippen LogP contribution is 2.34. The Kier molecular flexibility index (Phi) is 7.21. The zero-order valence-corrected chi connectivity index (χ0v) is 18.0. The van der Waals surface area contributed by atoms with E-state index in [-0.39, 0.29) is 0 Å². The van der Waals surface area contributed by atoms with Gasteiger partial charge in [0.15, 0.2) is 0 Å². The van der Waals surface area contributed by atoms with Crippen molar-refractivity contribution in [2.75, 3.05) is 0 Å². The van der Waals surface area contributed by atoms with Crippen LogP contribution in [0.2, 0.25) is 0 Å². The molecule has 0 bridgehead atoms. The van der Waals surface area contributed by atoms with E-state index in [1.807, 2.05) is 48.5 Å². The molecule has 0 spiro atoms. The van der Waals surface area contributed by atoms with E-state index in [4.69, 9.17) is 4.99 Å². The molecule has 0 atom stereocenters. The molecule has 4 rings (SSSR count). The van der Waals surface area contributed by atoms with E-state index in [0.29, 0.717) is 0 Å². The molecule has 0 saturated carbocycles. The number of benzene rings is 4. The highest BCUT2D eigenvalue weighted by Gasteiger charge is 2.13. The largest absolute Gasteiger partial charge is 0.241 e. The number of thioether (sulfide) groups is 2. The Morgan fingerprint density at radius 3 is 1.67 bits per heavy atom. The van der Waals surface area contributed by atoms with Crippen LogP contribution in [0.3, 0.4) is 0 Å². The van der Waals surface area contributed by atoms with E-state index >= 15 is 0 Å². The smallest absolute Gasteiger partial charge is 0.110 e. The third-order valence-corrected chi connectivity index (χ3v) is 6.23. The van der Waals surface area contributed by atoms with Gasteiger partial charge in [0.1, 0.15) is 5.04 Å². The van der Waals surface area contributed by atoms with Crippen LogP contribution in [0, 0.1) is 0 Å². The van der Waals surface area contributed by atoms with Crippen molar-refractivity contribution in [1.29, 1.82) is 0 Å². The molecule has 3 heteroatoms. The quantitative estimate of drug-likeness (QED) is 0.175. The lowest BCUT2D eigenvalue weighted by atomic mass is 10.1. The minimum atomic E-state index is 0.947. The Bertz CT molecular complexity index is 1110. The third kappa shape index (κ3) is 5.76. The average Bonchev–Trinajstić information content (AvgIpc) is 2.82. The van der Waals surface area contributed by atoms with Crippen LogP contribution in [-0.2, 0) is 0 Å². The fourth-order valence-electron chi connectivity index (χ4n) is 2.84. The third-order valence-electron chi connectivity index (χ3n) is 4.32. The highest BCUT2D eigenvalue weighted by molar-refractivity contribution is 8.15. The fourth-order valence-corrected chi connectivity index (χ4v) is 4.69. The first-order valence-corrected chi connectivity index (χ1v) is 11.4. The van der Waals surface area contributed by atoms with Crippen LogP contribution < -0.4 is 0 Å². The summed E-state index contributed by atoms with van der Waals surface area (Å²) in [5.41, 5.74) is 3.21. The fraction of sp³-hybridized carbons (Fsp3) is 0. The highest BCUT2D eigenvalue weighted by atomic mass is 32.2. The van der Waals surface area contributed by atoms with Crippen molar-refractivity contribution in [3.05, 3.63) is 132 Å². The molecule has 0 amide bonds. The van der Waals surface area contributed by atoms with Gasteiger partial charge in [-0.3, -0.25) is 0 Å². The maximum absolute atomic E-state index is 5.04. The van der Waals surface area contributed by atoms with Gasteiger partial charge >= 0.3 is 0 Å². The minimum absolute atomic E-state index is 0.947. The average molecular weight is 424 g/mol. The van der Waals surface area contributed by atoms with Crippen LogP contribution in [0.1, 0.15) is 5.56 Å². The summed E-state index contributed by atoms with van der Waals surface area (Å²) in [5, 5.41) is 3.18. The van der Waals surface area contributed by atoms with Crippen molar-refractivity contribution in [3.63, 3.8) is 0 Å². The summed E-state index contributed by atoms with van der Waals surface area (Å²) in [6.45, 7) is 0. The summed E-state index contributed by atoms with van der Waals surface area (Å²) in [5.74, 6) is 0. The number of hydrogen-bond acceptors (Lipinski definition) is 3. The van der Waals surface area contributed by atoms with Gasteiger partial charge in [-0.15, -0.1) is 0 Å². The molecule has 0 fully saturated rings. The molecular formula is C27H21NS2. The molecule has 4 aromatic rings. The van der Waals surface area contributed by atoms with Crippen LogP contribution in [-0.4, -0.2) is 5.04 Å². The number of hydrogen-bond donors (Lipinski definition) is 0. The van der Waals surface area contributed by atoms with E-state index in [0.717, 1.165) is 21.9 Å². The molecule has 0 aromatic heterocycles. The molecule has 0 aliphatic carbocycles. The SMILES string of the molecule is C(/Sc1ccccc1)=C(\C(=N/c1ccccc1)Sc1ccccc1)c1ccccc1. The lowest BCUT2D eigenvalue weighted by Crippen LogP contribution is -1.98. The Labute approximate surface area is 186 Å². The molecular weight excluding hydrogens is 402 g/mol. The number of para-hydroxylation sites is 1. The van der Waals surface area contributed by atoms with Gasteiger partial charge in [0.2, 0.25) is 0 Å². The molecule has 0 heterocycles. The second-order valence-corrected chi connectivity index (χ2v) is 8.50. The Morgan fingerprint density at radius 2 is 1.07 bits per heavy atom. The predicted molar refractivity (Wildman–Crippen MR) is 133 cm³/mol. The topological polar surface area (TPSA) is 12.4 Å². The van der Waals surface area contributed by atoms with Gasteiger partial charge in [-0.25, -0.2) is 4.99 Å². The maximum Gasteiger partial charge on any atom is 0.110 e. The molecule has 0 radical (unpaired) electrons. The molecule has 146 valence electrons. The number of nitrogens with zero attached hydrogens (tertiary/aromatic N) is 1. The molecule has 0 saturated heterocycles. The van der Waals surface area contributed by atoms with Gasteiger partial charge in [0.05, 0.1) is 5.69 Å². The van der Waals surface area contributed by atoms with Gasteiger partial charge < -0.3 is 0 Å². The minimum Gasteiger partial charge on any atom is -0.241 e. The first kappa shape index (κ1) is 20.3. The standard InChI is InChI=1S/C27H21NS2/c1-5-13-22(14-6-1)26(21-29-24-17-9-3-10-18-24)27(28-23-15-7-2-8-16-23)30-25-19-11-4-12-20-25/h1-21H/b26-21+,28-27+. The van der Waals surface area contributed by atoms with E-state index in [2.05, 4.69) is 78.2 Å². The van der Waals surface area contributed by atoms with Crippen LogP contribution >= 0.6 is 23.5 Å².